The zero-order valence-corrected chi connectivity index (χ0v) is 13.4. The minimum atomic E-state index is -0.975. The lowest BCUT2D eigenvalue weighted by Gasteiger charge is -2.45. The normalized spacial score (nSPS) is 34.7. The van der Waals surface area contributed by atoms with Gasteiger partial charge in [-0.25, -0.2) is 0 Å². The van der Waals surface area contributed by atoms with Crippen LogP contribution in [0, 0.1) is 23.2 Å². The van der Waals surface area contributed by atoms with E-state index in [1.54, 1.807) is 0 Å². The fourth-order valence-electron chi connectivity index (χ4n) is 4.06. The second-order valence-electron chi connectivity index (χ2n) is 6.45. The predicted octanol–water partition coefficient (Wildman–Crippen LogP) is 3.44. The Hall–Kier alpha value is -1.01. The molecule has 0 aliphatic heterocycles. The highest BCUT2D eigenvalue weighted by molar-refractivity contribution is 5.79. The molecule has 2 saturated carbocycles. The van der Waals surface area contributed by atoms with Crippen LogP contribution in [-0.2, 0) is 9.53 Å². The first-order valence-corrected chi connectivity index (χ1v) is 8.48. The molecule has 2 aliphatic carbocycles. The van der Waals surface area contributed by atoms with E-state index in [-0.39, 0.29) is 11.9 Å². The standard InChI is InChI=1S/C18H28O3/c1-3-5-6-7-10-15-11-14-17(16(19)21-4-2)12-8-9-13-18(15,17)20/h15,20H,3-6,8-9,11-14H2,1-2H3/t15-,17+,18+/m1/s1. The summed E-state index contributed by atoms with van der Waals surface area (Å²) >= 11 is 0. The minimum Gasteiger partial charge on any atom is -0.465 e. The first-order chi connectivity index (χ1) is 10.1. The highest BCUT2D eigenvalue weighted by Crippen LogP contribution is 2.58. The first kappa shape index (κ1) is 16.4. The van der Waals surface area contributed by atoms with Crippen molar-refractivity contribution in [1.82, 2.24) is 0 Å². The van der Waals surface area contributed by atoms with E-state index in [1.807, 2.05) is 6.92 Å². The fraction of sp³-hybridized carbons (Fsp3) is 0.833. The van der Waals surface area contributed by atoms with Crippen LogP contribution in [-0.4, -0.2) is 23.3 Å². The van der Waals surface area contributed by atoms with Gasteiger partial charge in [-0.2, -0.15) is 0 Å². The van der Waals surface area contributed by atoms with E-state index in [2.05, 4.69) is 18.8 Å². The van der Waals surface area contributed by atoms with Gasteiger partial charge in [0.15, 0.2) is 0 Å². The Bertz CT molecular complexity index is 433. The molecule has 0 aromatic rings. The van der Waals surface area contributed by atoms with Crippen LogP contribution in [0.5, 0.6) is 0 Å². The molecule has 2 fully saturated rings. The molecular weight excluding hydrogens is 264 g/mol. The Morgan fingerprint density at radius 1 is 1.29 bits per heavy atom. The fourth-order valence-corrected chi connectivity index (χ4v) is 4.06. The molecule has 0 spiro atoms. The van der Waals surface area contributed by atoms with Gasteiger partial charge in [0, 0.05) is 6.42 Å². The third kappa shape index (κ3) is 2.83. The maximum atomic E-state index is 12.5. The summed E-state index contributed by atoms with van der Waals surface area (Å²) in [4.78, 5) is 12.5. The Morgan fingerprint density at radius 3 is 2.76 bits per heavy atom. The van der Waals surface area contributed by atoms with Crippen molar-refractivity contribution < 1.29 is 14.6 Å². The Kier molecular flexibility index (Phi) is 5.32. The van der Waals surface area contributed by atoms with Crippen LogP contribution in [0.1, 0.15) is 71.6 Å². The topological polar surface area (TPSA) is 46.5 Å². The average molecular weight is 292 g/mol. The van der Waals surface area contributed by atoms with Gasteiger partial charge in [0.25, 0.3) is 0 Å². The first-order valence-electron chi connectivity index (χ1n) is 8.48. The van der Waals surface area contributed by atoms with E-state index in [0.29, 0.717) is 13.0 Å². The summed E-state index contributed by atoms with van der Waals surface area (Å²) in [5.41, 5.74) is -1.68. The second kappa shape index (κ2) is 6.83. The molecular formula is C18H28O3. The Balaban J connectivity index is 2.20. The molecule has 0 radical (unpaired) electrons. The molecule has 2 rings (SSSR count). The van der Waals surface area contributed by atoms with Gasteiger partial charge in [0.05, 0.1) is 23.5 Å². The lowest BCUT2D eigenvalue weighted by molar-refractivity contribution is -0.180. The molecule has 0 amide bonds. The molecule has 1 N–H and O–H groups in total. The highest BCUT2D eigenvalue weighted by atomic mass is 16.5. The number of aliphatic hydroxyl groups is 1. The Morgan fingerprint density at radius 2 is 2.05 bits per heavy atom. The summed E-state index contributed by atoms with van der Waals surface area (Å²) in [7, 11) is 0. The summed E-state index contributed by atoms with van der Waals surface area (Å²) < 4.78 is 5.30. The average Bonchev–Trinajstić information content (AvgIpc) is 2.78. The van der Waals surface area contributed by atoms with E-state index >= 15 is 0 Å². The summed E-state index contributed by atoms with van der Waals surface area (Å²) in [6, 6.07) is 0. The molecule has 21 heavy (non-hydrogen) atoms. The number of carbonyl (C=O) groups is 1. The molecule has 0 bridgehead atoms. The van der Waals surface area contributed by atoms with Crippen LogP contribution < -0.4 is 0 Å². The van der Waals surface area contributed by atoms with Crippen LogP contribution in [0.15, 0.2) is 0 Å². The van der Waals surface area contributed by atoms with E-state index in [0.717, 1.165) is 51.4 Å². The third-order valence-electron chi connectivity index (χ3n) is 5.27. The number of esters is 1. The number of ether oxygens (including phenoxy) is 1. The quantitative estimate of drug-likeness (QED) is 0.490. The number of hydrogen-bond acceptors (Lipinski definition) is 3. The molecule has 0 heterocycles. The van der Waals surface area contributed by atoms with Crippen molar-refractivity contribution in [1.29, 1.82) is 0 Å². The van der Waals surface area contributed by atoms with Gasteiger partial charge in [-0.05, 0) is 39.0 Å². The molecule has 0 saturated heterocycles. The maximum Gasteiger partial charge on any atom is 0.315 e. The van der Waals surface area contributed by atoms with Crippen molar-refractivity contribution in [2.75, 3.05) is 6.61 Å². The zero-order chi connectivity index (χ0) is 15.3. The molecule has 3 atom stereocenters. The lowest BCUT2D eigenvalue weighted by Crippen LogP contribution is -2.55. The lowest BCUT2D eigenvalue weighted by atomic mass is 9.63. The largest absolute Gasteiger partial charge is 0.465 e. The smallest absolute Gasteiger partial charge is 0.315 e. The predicted molar refractivity (Wildman–Crippen MR) is 82.5 cm³/mol. The van der Waals surface area contributed by atoms with Crippen molar-refractivity contribution in [3.8, 4) is 11.8 Å². The van der Waals surface area contributed by atoms with Crippen molar-refractivity contribution in [3.63, 3.8) is 0 Å². The van der Waals surface area contributed by atoms with E-state index in [1.165, 1.54) is 0 Å². The van der Waals surface area contributed by atoms with Crippen molar-refractivity contribution in [2.24, 2.45) is 11.3 Å². The zero-order valence-electron chi connectivity index (χ0n) is 13.4. The second-order valence-corrected chi connectivity index (χ2v) is 6.45. The van der Waals surface area contributed by atoms with Crippen molar-refractivity contribution >= 4 is 5.97 Å². The van der Waals surface area contributed by atoms with Gasteiger partial charge >= 0.3 is 5.97 Å². The summed E-state index contributed by atoms with van der Waals surface area (Å²) in [6.07, 6.45) is 8.05. The molecule has 118 valence electrons. The van der Waals surface area contributed by atoms with Gasteiger partial charge in [0.1, 0.15) is 0 Å². The monoisotopic (exact) mass is 292 g/mol. The molecule has 3 nitrogen and oxygen atoms in total. The maximum absolute atomic E-state index is 12.5. The van der Waals surface area contributed by atoms with Crippen molar-refractivity contribution in [2.45, 2.75) is 77.2 Å². The number of rotatable bonds is 4. The summed E-state index contributed by atoms with van der Waals surface area (Å²) in [6.45, 7) is 4.36. The van der Waals surface area contributed by atoms with Gasteiger partial charge in [-0.1, -0.05) is 32.1 Å². The van der Waals surface area contributed by atoms with Crippen molar-refractivity contribution in [3.05, 3.63) is 0 Å². The van der Waals surface area contributed by atoms with Crippen LogP contribution >= 0.6 is 0 Å². The van der Waals surface area contributed by atoms with Crippen LogP contribution in [0.25, 0.3) is 0 Å². The van der Waals surface area contributed by atoms with Gasteiger partial charge in [0.2, 0.25) is 0 Å². The van der Waals surface area contributed by atoms with Crippen LogP contribution in [0.3, 0.4) is 0 Å². The van der Waals surface area contributed by atoms with Crippen LogP contribution in [0.2, 0.25) is 0 Å². The number of fused-ring (bicyclic) bond motifs is 1. The number of carbonyl (C=O) groups excluding carboxylic acids is 1. The van der Waals surface area contributed by atoms with Crippen LogP contribution in [0.4, 0.5) is 0 Å². The van der Waals surface area contributed by atoms with Gasteiger partial charge in [-0.15, -0.1) is 5.92 Å². The molecule has 0 aromatic heterocycles. The molecule has 3 heteroatoms. The van der Waals surface area contributed by atoms with E-state index in [9.17, 15) is 9.90 Å². The highest BCUT2D eigenvalue weighted by Gasteiger charge is 2.64. The minimum absolute atomic E-state index is 0.0703. The molecule has 0 aromatic carbocycles. The Labute approximate surface area is 128 Å². The molecule has 0 unspecified atom stereocenters. The summed E-state index contributed by atoms with van der Waals surface area (Å²) in [5.74, 6) is 6.21. The SMILES string of the molecule is CCCCC#C[C@@H]1CC[C@]2(C(=O)OCC)CCCC[C@]12O. The van der Waals surface area contributed by atoms with Gasteiger partial charge in [-0.3, -0.25) is 4.79 Å². The summed E-state index contributed by atoms with van der Waals surface area (Å²) in [5, 5.41) is 11.3. The van der Waals surface area contributed by atoms with E-state index in [4.69, 9.17) is 4.74 Å². The number of hydrogen-bond donors (Lipinski definition) is 1. The third-order valence-corrected chi connectivity index (χ3v) is 5.27. The number of unbranched alkanes of at least 4 members (excludes halogenated alkanes) is 2. The molecule has 2 aliphatic rings. The van der Waals surface area contributed by atoms with E-state index < -0.39 is 11.0 Å². The van der Waals surface area contributed by atoms with Gasteiger partial charge < -0.3 is 9.84 Å².